The second-order valence-electron chi connectivity index (χ2n) is 3.76. The largest absolute Gasteiger partial charge is 0.338 e. The van der Waals surface area contributed by atoms with E-state index in [1.54, 1.807) is 28.0 Å². The monoisotopic (exact) mass is 243 g/mol. The fourth-order valence-electron chi connectivity index (χ4n) is 1.76. The van der Waals surface area contributed by atoms with Gasteiger partial charge in [-0.15, -0.1) is 0 Å². The standard InChI is InChI=1S/C12H13N5O/c1-2-16(6-3-4-13)12(18)10-8-15-17-7-5-14-9-11(10)17/h5,7-9H,2-3,6H2,1H3. The van der Waals surface area contributed by atoms with Crippen molar-refractivity contribution in [3.63, 3.8) is 0 Å². The number of nitrogens with zero attached hydrogens (tertiary/aromatic N) is 5. The molecule has 0 aliphatic carbocycles. The molecule has 1 amide bonds. The van der Waals surface area contributed by atoms with Crippen molar-refractivity contribution in [3.8, 4) is 6.07 Å². The molecule has 0 saturated carbocycles. The first kappa shape index (κ1) is 12.0. The third-order valence-corrected chi connectivity index (χ3v) is 2.72. The van der Waals surface area contributed by atoms with Gasteiger partial charge in [0.2, 0.25) is 0 Å². The Bertz CT molecular complexity index is 598. The van der Waals surface area contributed by atoms with E-state index in [1.807, 2.05) is 13.0 Å². The lowest BCUT2D eigenvalue weighted by molar-refractivity contribution is 0.0769. The number of aromatic nitrogens is 3. The van der Waals surface area contributed by atoms with Gasteiger partial charge in [0.1, 0.15) is 0 Å². The van der Waals surface area contributed by atoms with Crippen LogP contribution >= 0.6 is 0 Å². The average Bonchev–Trinajstić information content (AvgIpc) is 2.83. The van der Waals surface area contributed by atoms with E-state index in [9.17, 15) is 4.79 Å². The van der Waals surface area contributed by atoms with Crippen molar-refractivity contribution in [3.05, 3.63) is 30.4 Å². The van der Waals surface area contributed by atoms with Crippen molar-refractivity contribution in [2.24, 2.45) is 0 Å². The van der Waals surface area contributed by atoms with Crippen molar-refractivity contribution in [1.29, 1.82) is 5.26 Å². The van der Waals surface area contributed by atoms with E-state index >= 15 is 0 Å². The molecule has 2 aromatic heterocycles. The molecular weight excluding hydrogens is 230 g/mol. The fourth-order valence-corrected chi connectivity index (χ4v) is 1.76. The van der Waals surface area contributed by atoms with Gasteiger partial charge in [-0.1, -0.05) is 0 Å². The first-order valence-electron chi connectivity index (χ1n) is 5.71. The number of amides is 1. The van der Waals surface area contributed by atoms with E-state index in [0.29, 0.717) is 30.6 Å². The summed E-state index contributed by atoms with van der Waals surface area (Å²) in [5.74, 6) is -0.115. The Balaban J connectivity index is 2.30. The molecule has 0 aromatic carbocycles. The molecule has 0 aliphatic rings. The van der Waals surface area contributed by atoms with E-state index in [-0.39, 0.29) is 5.91 Å². The Morgan fingerprint density at radius 3 is 3.11 bits per heavy atom. The summed E-state index contributed by atoms with van der Waals surface area (Å²) in [6, 6.07) is 2.04. The van der Waals surface area contributed by atoms with Crippen molar-refractivity contribution in [2.45, 2.75) is 13.3 Å². The van der Waals surface area contributed by atoms with E-state index in [4.69, 9.17) is 5.26 Å². The SMILES string of the molecule is CCN(CCC#N)C(=O)c1cnn2ccncc12. The van der Waals surface area contributed by atoms with Gasteiger partial charge in [0, 0.05) is 25.5 Å². The summed E-state index contributed by atoms with van der Waals surface area (Å²) in [4.78, 5) is 17.9. The number of carbonyl (C=O) groups is 1. The van der Waals surface area contributed by atoms with Crippen LogP contribution in [0.3, 0.4) is 0 Å². The lowest BCUT2D eigenvalue weighted by Crippen LogP contribution is -2.31. The number of hydrogen-bond acceptors (Lipinski definition) is 4. The van der Waals surface area contributed by atoms with Crippen molar-refractivity contribution in [2.75, 3.05) is 13.1 Å². The van der Waals surface area contributed by atoms with Gasteiger partial charge in [0.05, 0.1) is 36.0 Å². The first-order valence-corrected chi connectivity index (χ1v) is 5.71. The van der Waals surface area contributed by atoms with Crippen LogP contribution in [-0.4, -0.2) is 38.5 Å². The van der Waals surface area contributed by atoms with Gasteiger partial charge in [0.25, 0.3) is 5.91 Å². The average molecular weight is 243 g/mol. The highest BCUT2D eigenvalue weighted by Crippen LogP contribution is 2.12. The maximum atomic E-state index is 12.3. The highest BCUT2D eigenvalue weighted by atomic mass is 16.2. The van der Waals surface area contributed by atoms with E-state index in [0.717, 1.165) is 0 Å². The summed E-state index contributed by atoms with van der Waals surface area (Å²) in [7, 11) is 0. The van der Waals surface area contributed by atoms with Crippen LogP contribution in [0.2, 0.25) is 0 Å². The molecule has 2 aromatic rings. The molecule has 2 heterocycles. The molecule has 0 saturated heterocycles. The molecule has 0 atom stereocenters. The molecule has 0 spiro atoms. The Morgan fingerprint density at radius 2 is 2.39 bits per heavy atom. The molecule has 0 N–H and O–H groups in total. The molecule has 6 nitrogen and oxygen atoms in total. The Kier molecular flexibility index (Phi) is 3.53. The van der Waals surface area contributed by atoms with Crippen LogP contribution < -0.4 is 0 Å². The molecule has 92 valence electrons. The smallest absolute Gasteiger partial charge is 0.257 e. The highest BCUT2D eigenvalue weighted by Gasteiger charge is 2.18. The normalized spacial score (nSPS) is 10.2. The van der Waals surface area contributed by atoms with Gasteiger partial charge in [0.15, 0.2) is 0 Å². The summed E-state index contributed by atoms with van der Waals surface area (Å²) < 4.78 is 1.61. The molecule has 0 unspecified atom stereocenters. The minimum atomic E-state index is -0.115. The third kappa shape index (κ3) is 2.15. The molecule has 6 heteroatoms. The number of nitriles is 1. The molecule has 0 bridgehead atoms. The van der Waals surface area contributed by atoms with E-state index in [1.165, 1.54) is 6.20 Å². The number of hydrogen-bond donors (Lipinski definition) is 0. The zero-order valence-electron chi connectivity index (χ0n) is 10.1. The number of carbonyl (C=O) groups excluding carboxylic acids is 1. The van der Waals surface area contributed by atoms with Gasteiger partial charge in [-0.2, -0.15) is 10.4 Å². The maximum Gasteiger partial charge on any atom is 0.257 e. The molecule has 0 radical (unpaired) electrons. The van der Waals surface area contributed by atoms with Gasteiger partial charge in [-0.25, -0.2) is 4.52 Å². The number of fused-ring (bicyclic) bond motifs is 1. The zero-order chi connectivity index (χ0) is 13.0. The van der Waals surface area contributed by atoms with Crippen LogP contribution in [0, 0.1) is 11.3 Å². The molecule has 2 rings (SSSR count). The van der Waals surface area contributed by atoms with Crippen LogP contribution in [0.25, 0.3) is 5.52 Å². The quantitative estimate of drug-likeness (QED) is 0.806. The molecular formula is C12H13N5O. The maximum absolute atomic E-state index is 12.3. The fraction of sp³-hybridized carbons (Fsp3) is 0.333. The van der Waals surface area contributed by atoms with Crippen LogP contribution in [0.15, 0.2) is 24.8 Å². The van der Waals surface area contributed by atoms with Crippen LogP contribution in [0.4, 0.5) is 0 Å². The molecule has 0 fully saturated rings. The van der Waals surface area contributed by atoms with E-state index < -0.39 is 0 Å². The van der Waals surface area contributed by atoms with E-state index in [2.05, 4.69) is 10.1 Å². The summed E-state index contributed by atoms with van der Waals surface area (Å²) in [5.41, 5.74) is 1.20. The first-order chi connectivity index (χ1) is 8.77. The topological polar surface area (TPSA) is 74.3 Å². The van der Waals surface area contributed by atoms with Crippen molar-refractivity contribution < 1.29 is 4.79 Å². The third-order valence-electron chi connectivity index (χ3n) is 2.72. The van der Waals surface area contributed by atoms with Gasteiger partial charge < -0.3 is 4.90 Å². The minimum Gasteiger partial charge on any atom is -0.338 e. The lowest BCUT2D eigenvalue weighted by atomic mass is 10.2. The van der Waals surface area contributed by atoms with Crippen LogP contribution in [-0.2, 0) is 0 Å². The van der Waals surface area contributed by atoms with Crippen LogP contribution in [0.5, 0.6) is 0 Å². The van der Waals surface area contributed by atoms with Gasteiger partial charge in [-0.05, 0) is 6.92 Å². The summed E-state index contributed by atoms with van der Waals surface area (Å²) >= 11 is 0. The van der Waals surface area contributed by atoms with Crippen LogP contribution in [0.1, 0.15) is 23.7 Å². The number of rotatable bonds is 4. The summed E-state index contributed by atoms with van der Waals surface area (Å²) in [6.45, 7) is 2.89. The lowest BCUT2D eigenvalue weighted by Gasteiger charge is -2.18. The Labute approximate surface area is 104 Å². The molecule has 0 aliphatic heterocycles. The summed E-state index contributed by atoms with van der Waals surface area (Å²) in [5, 5.41) is 12.7. The molecule has 18 heavy (non-hydrogen) atoms. The van der Waals surface area contributed by atoms with Gasteiger partial charge in [-0.3, -0.25) is 9.78 Å². The highest BCUT2D eigenvalue weighted by molar-refractivity contribution is 6.00. The van der Waals surface area contributed by atoms with Gasteiger partial charge >= 0.3 is 0 Å². The van der Waals surface area contributed by atoms with Crippen molar-refractivity contribution >= 4 is 11.4 Å². The predicted octanol–water partition coefficient (Wildman–Crippen LogP) is 1.11. The summed E-state index contributed by atoms with van der Waals surface area (Å²) in [6.07, 6.45) is 6.78. The predicted molar refractivity (Wildman–Crippen MR) is 64.8 cm³/mol. The Morgan fingerprint density at radius 1 is 1.56 bits per heavy atom. The zero-order valence-corrected chi connectivity index (χ0v) is 10.1. The second kappa shape index (κ2) is 5.27. The van der Waals surface area contributed by atoms with Crippen molar-refractivity contribution in [1.82, 2.24) is 19.5 Å². The second-order valence-corrected chi connectivity index (χ2v) is 3.76. The minimum absolute atomic E-state index is 0.115. The Hall–Kier alpha value is -2.42.